The third kappa shape index (κ3) is 5.36. The van der Waals surface area contributed by atoms with E-state index in [0.29, 0.717) is 12.6 Å². The summed E-state index contributed by atoms with van der Waals surface area (Å²) in [6, 6.07) is 10.1. The molecule has 20 heavy (non-hydrogen) atoms. The maximum absolute atomic E-state index is 11.7. The van der Waals surface area contributed by atoms with Gasteiger partial charge in [0.15, 0.2) is 0 Å². The Morgan fingerprint density at radius 3 is 2.45 bits per heavy atom. The number of ether oxygens (including phenoxy) is 1. The molecule has 112 valence electrons. The lowest BCUT2D eigenvalue weighted by molar-refractivity contribution is 0.0686. The number of hydrogen-bond donors (Lipinski definition) is 3. The molecule has 1 fully saturated rings. The fourth-order valence-corrected chi connectivity index (χ4v) is 2.31. The summed E-state index contributed by atoms with van der Waals surface area (Å²) in [7, 11) is 0. The van der Waals surface area contributed by atoms with Crippen molar-refractivity contribution in [3.8, 4) is 0 Å². The van der Waals surface area contributed by atoms with E-state index in [4.69, 9.17) is 10.6 Å². The summed E-state index contributed by atoms with van der Waals surface area (Å²) in [4.78, 5) is 11.7. The molecule has 5 nitrogen and oxygen atoms in total. The summed E-state index contributed by atoms with van der Waals surface area (Å²) >= 11 is 0. The number of amides is 1. The zero-order valence-corrected chi connectivity index (χ0v) is 12.2. The molecule has 0 aliphatic heterocycles. The first kappa shape index (κ1) is 16.8. The van der Waals surface area contributed by atoms with Crippen LogP contribution in [0.4, 0.5) is 4.79 Å². The third-order valence-electron chi connectivity index (χ3n) is 3.46. The number of benzene rings is 1. The van der Waals surface area contributed by atoms with Gasteiger partial charge in [0.1, 0.15) is 6.10 Å². The number of halogens is 1. The Bertz CT molecular complexity index is 395. The van der Waals surface area contributed by atoms with E-state index in [1.54, 1.807) is 0 Å². The molecule has 4 N–H and O–H groups in total. The summed E-state index contributed by atoms with van der Waals surface area (Å²) in [5.74, 6) is 5.39. The largest absolute Gasteiger partial charge is 0.446 e. The molecule has 1 amide bonds. The van der Waals surface area contributed by atoms with E-state index in [1.165, 1.54) is 0 Å². The number of carbonyl (C=O) groups is 1. The van der Waals surface area contributed by atoms with Gasteiger partial charge in [-0.05, 0) is 31.2 Å². The Hall–Kier alpha value is -1.30. The van der Waals surface area contributed by atoms with Gasteiger partial charge in [-0.25, -0.2) is 4.79 Å². The Kier molecular flexibility index (Phi) is 7.36. The van der Waals surface area contributed by atoms with Crippen molar-refractivity contribution in [1.29, 1.82) is 0 Å². The van der Waals surface area contributed by atoms with E-state index in [1.807, 2.05) is 30.3 Å². The Morgan fingerprint density at radius 1 is 1.20 bits per heavy atom. The van der Waals surface area contributed by atoms with Gasteiger partial charge in [0.05, 0.1) is 0 Å². The minimum Gasteiger partial charge on any atom is -0.446 e. The summed E-state index contributed by atoms with van der Waals surface area (Å²) in [5.41, 5.74) is 3.83. The molecular weight excluding hydrogens is 278 g/mol. The molecule has 1 aromatic carbocycles. The normalized spacial score (nSPS) is 21.6. The van der Waals surface area contributed by atoms with Crippen molar-refractivity contribution < 1.29 is 9.53 Å². The number of carbonyl (C=O) groups excluding carboxylic acids is 1. The second kappa shape index (κ2) is 8.79. The first-order valence-corrected chi connectivity index (χ1v) is 6.72. The first-order chi connectivity index (χ1) is 9.28. The van der Waals surface area contributed by atoms with Crippen molar-refractivity contribution >= 4 is 18.5 Å². The topological polar surface area (TPSA) is 76.4 Å². The molecule has 0 aromatic heterocycles. The van der Waals surface area contributed by atoms with Crippen LogP contribution < -0.4 is 16.6 Å². The van der Waals surface area contributed by atoms with Crippen LogP contribution in [-0.2, 0) is 11.3 Å². The molecule has 1 aromatic rings. The summed E-state index contributed by atoms with van der Waals surface area (Å²) in [5, 5.41) is 2.77. The Balaban J connectivity index is 0.00000200. The SMILES string of the molecule is Cl.NNC1CCC(OC(=O)NCc2ccccc2)CC1. The number of rotatable bonds is 4. The molecular formula is C14H22ClN3O2. The lowest BCUT2D eigenvalue weighted by Crippen LogP contribution is -2.40. The molecule has 0 radical (unpaired) electrons. The van der Waals surface area contributed by atoms with Crippen molar-refractivity contribution in [2.24, 2.45) is 5.84 Å². The van der Waals surface area contributed by atoms with Gasteiger partial charge in [-0.3, -0.25) is 11.3 Å². The fraction of sp³-hybridized carbons (Fsp3) is 0.500. The Morgan fingerprint density at radius 2 is 1.85 bits per heavy atom. The van der Waals surface area contributed by atoms with E-state index in [0.717, 1.165) is 31.2 Å². The summed E-state index contributed by atoms with van der Waals surface area (Å²) < 4.78 is 5.39. The fourth-order valence-electron chi connectivity index (χ4n) is 2.31. The molecule has 0 atom stereocenters. The van der Waals surface area contributed by atoms with Crippen LogP contribution in [0.5, 0.6) is 0 Å². The van der Waals surface area contributed by atoms with Crippen molar-refractivity contribution in [3.05, 3.63) is 35.9 Å². The zero-order valence-electron chi connectivity index (χ0n) is 11.4. The molecule has 0 heterocycles. The van der Waals surface area contributed by atoms with Crippen LogP contribution in [0.25, 0.3) is 0 Å². The average Bonchev–Trinajstić information content (AvgIpc) is 2.47. The number of nitrogens with two attached hydrogens (primary N) is 1. The van der Waals surface area contributed by atoms with Crippen molar-refractivity contribution in [1.82, 2.24) is 10.7 Å². The molecule has 1 aliphatic carbocycles. The van der Waals surface area contributed by atoms with Crippen molar-refractivity contribution in [2.45, 2.75) is 44.4 Å². The lowest BCUT2D eigenvalue weighted by Gasteiger charge is -2.27. The van der Waals surface area contributed by atoms with E-state index in [2.05, 4.69) is 10.7 Å². The highest BCUT2D eigenvalue weighted by atomic mass is 35.5. The maximum Gasteiger partial charge on any atom is 0.407 e. The predicted molar refractivity (Wildman–Crippen MR) is 80.4 cm³/mol. The molecule has 2 rings (SSSR count). The van der Waals surface area contributed by atoms with Crippen LogP contribution in [0.15, 0.2) is 30.3 Å². The van der Waals surface area contributed by atoms with E-state index >= 15 is 0 Å². The van der Waals surface area contributed by atoms with Crippen molar-refractivity contribution in [3.63, 3.8) is 0 Å². The highest BCUT2D eigenvalue weighted by Gasteiger charge is 2.22. The molecule has 0 bridgehead atoms. The standard InChI is InChI=1S/C14H21N3O2.ClH/c15-17-12-6-8-13(9-7-12)19-14(18)16-10-11-4-2-1-3-5-11;/h1-5,12-13,17H,6-10,15H2,(H,16,18);1H. The van der Waals surface area contributed by atoms with Crippen LogP contribution in [0.2, 0.25) is 0 Å². The van der Waals surface area contributed by atoms with Crippen LogP contribution in [0, 0.1) is 0 Å². The maximum atomic E-state index is 11.7. The van der Waals surface area contributed by atoms with E-state index in [-0.39, 0.29) is 24.6 Å². The molecule has 0 saturated heterocycles. The van der Waals surface area contributed by atoms with Gasteiger partial charge >= 0.3 is 6.09 Å². The lowest BCUT2D eigenvalue weighted by atomic mass is 9.93. The van der Waals surface area contributed by atoms with Gasteiger partial charge in [-0.1, -0.05) is 30.3 Å². The second-order valence-corrected chi connectivity index (χ2v) is 4.88. The smallest absolute Gasteiger partial charge is 0.407 e. The van der Waals surface area contributed by atoms with Crippen molar-refractivity contribution in [2.75, 3.05) is 0 Å². The first-order valence-electron chi connectivity index (χ1n) is 6.72. The average molecular weight is 300 g/mol. The van der Waals surface area contributed by atoms with Crippen LogP contribution in [0.1, 0.15) is 31.2 Å². The van der Waals surface area contributed by atoms with Gasteiger partial charge in [0.25, 0.3) is 0 Å². The van der Waals surface area contributed by atoms with E-state index in [9.17, 15) is 4.79 Å². The van der Waals surface area contributed by atoms with Gasteiger partial charge in [0, 0.05) is 12.6 Å². The quantitative estimate of drug-likeness (QED) is 0.588. The van der Waals surface area contributed by atoms with Gasteiger partial charge in [0.2, 0.25) is 0 Å². The van der Waals surface area contributed by atoms with Gasteiger partial charge in [-0.2, -0.15) is 0 Å². The zero-order chi connectivity index (χ0) is 13.5. The predicted octanol–water partition coefficient (Wildman–Crippen LogP) is 2.11. The van der Waals surface area contributed by atoms with E-state index < -0.39 is 0 Å². The summed E-state index contributed by atoms with van der Waals surface area (Å²) in [6.45, 7) is 0.499. The van der Waals surface area contributed by atoms with Gasteiger partial charge in [-0.15, -0.1) is 12.4 Å². The van der Waals surface area contributed by atoms with Crippen LogP contribution in [0.3, 0.4) is 0 Å². The molecule has 1 saturated carbocycles. The molecule has 6 heteroatoms. The van der Waals surface area contributed by atoms with Crippen LogP contribution in [-0.4, -0.2) is 18.2 Å². The highest BCUT2D eigenvalue weighted by molar-refractivity contribution is 5.85. The number of nitrogens with one attached hydrogen (secondary N) is 2. The molecule has 1 aliphatic rings. The minimum atomic E-state index is -0.340. The monoisotopic (exact) mass is 299 g/mol. The van der Waals surface area contributed by atoms with Gasteiger partial charge < -0.3 is 10.1 Å². The molecule has 0 unspecified atom stereocenters. The minimum absolute atomic E-state index is 0. The highest BCUT2D eigenvalue weighted by Crippen LogP contribution is 2.20. The van der Waals surface area contributed by atoms with Crippen LogP contribution >= 0.6 is 12.4 Å². The third-order valence-corrected chi connectivity index (χ3v) is 3.46. The second-order valence-electron chi connectivity index (χ2n) is 4.88. The summed E-state index contributed by atoms with van der Waals surface area (Å²) in [6.07, 6.45) is 3.31. The Labute approximate surface area is 125 Å². The number of hydrogen-bond acceptors (Lipinski definition) is 4. The molecule has 0 spiro atoms. The number of alkyl carbamates (subject to hydrolysis) is 1. The number of hydrazine groups is 1.